The topological polar surface area (TPSA) is 64.6 Å². The van der Waals surface area contributed by atoms with Crippen LogP contribution in [0.15, 0.2) is 0 Å². The summed E-state index contributed by atoms with van der Waals surface area (Å²) in [6.45, 7) is 28.6. The Labute approximate surface area is 235 Å². The van der Waals surface area contributed by atoms with Gasteiger partial charge < -0.3 is 23.7 Å². The van der Waals surface area contributed by atoms with E-state index in [4.69, 9.17) is 33.5 Å². The van der Waals surface area contributed by atoms with Crippen molar-refractivity contribution >= 4 is 0 Å². The van der Waals surface area contributed by atoms with Gasteiger partial charge in [0.1, 0.15) is 5.41 Å². The first-order valence-corrected chi connectivity index (χ1v) is 15.2. The standard InChI is InChI=1S/C31H64O7/c1-14-17-19-22-33-31(37-28(9,10)11,38-35-23-20-25(4)5)29(12,13)30(32-21-18-15-2,34-24-26(6)7)36-27(8)16-3/h25-27H,14-24H2,1-13H3. The Balaban J connectivity index is 6.88. The minimum atomic E-state index is -1.67. The smallest absolute Gasteiger partial charge is 0.325 e. The zero-order chi connectivity index (χ0) is 29.5. The Bertz CT molecular complexity index is 587. The molecule has 3 unspecified atom stereocenters. The van der Waals surface area contributed by atoms with Gasteiger partial charge in [-0.15, -0.1) is 0 Å². The average molecular weight is 549 g/mol. The highest BCUT2D eigenvalue weighted by molar-refractivity contribution is 4.92. The molecular weight excluding hydrogens is 484 g/mol. The van der Waals surface area contributed by atoms with Crippen LogP contribution in [0.4, 0.5) is 0 Å². The molecule has 0 aromatic carbocycles. The van der Waals surface area contributed by atoms with Crippen LogP contribution >= 0.6 is 0 Å². The Morgan fingerprint density at radius 2 is 1.21 bits per heavy atom. The SMILES string of the molecule is CCCCCOC(OOCCC(C)C)(OC(C)(C)C)C(C)(C)C(OCCCC)(OCC(C)C)OC(C)CC. The minimum absolute atomic E-state index is 0.141. The fourth-order valence-corrected chi connectivity index (χ4v) is 3.63. The highest BCUT2D eigenvalue weighted by Crippen LogP contribution is 2.51. The molecule has 38 heavy (non-hydrogen) atoms. The first-order valence-electron chi connectivity index (χ1n) is 15.2. The fourth-order valence-electron chi connectivity index (χ4n) is 3.63. The van der Waals surface area contributed by atoms with Gasteiger partial charge in [0, 0.05) is 0 Å². The van der Waals surface area contributed by atoms with Gasteiger partial charge in [-0.25, -0.2) is 4.89 Å². The number of rotatable bonds is 23. The van der Waals surface area contributed by atoms with Crippen molar-refractivity contribution in [3.63, 3.8) is 0 Å². The van der Waals surface area contributed by atoms with Gasteiger partial charge in [0.15, 0.2) is 0 Å². The molecule has 0 spiro atoms. The van der Waals surface area contributed by atoms with E-state index in [1.54, 1.807) is 0 Å². The van der Waals surface area contributed by atoms with Crippen LogP contribution in [0.1, 0.15) is 135 Å². The van der Waals surface area contributed by atoms with E-state index < -0.39 is 23.0 Å². The number of hydrogen-bond acceptors (Lipinski definition) is 7. The summed E-state index contributed by atoms with van der Waals surface area (Å²) in [6.07, 6.45) is 6.30. The molecule has 0 heterocycles. The molecule has 0 aliphatic heterocycles. The summed E-state index contributed by atoms with van der Waals surface area (Å²) in [6, 6.07) is 0. The molecule has 0 aliphatic carbocycles. The molecule has 0 bridgehead atoms. The lowest BCUT2D eigenvalue weighted by Gasteiger charge is -2.54. The Morgan fingerprint density at radius 3 is 1.71 bits per heavy atom. The van der Waals surface area contributed by atoms with E-state index in [1.165, 1.54) is 0 Å². The summed E-state index contributed by atoms with van der Waals surface area (Å²) in [5, 5.41) is 0. The number of ether oxygens (including phenoxy) is 5. The molecule has 0 N–H and O–H groups in total. The van der Waals surface area contributed by atoms with Crippen molar-refractivity contribution in [1.29, 1.82) is 0 Å². The Hall–Kier alpha value is -0.280. The molecule has 0 aromatic rings. The zero-order valence-electron chi connectivity index (χ0n) is 27.4. The van der Waals surface area contributed by atoms with Gasteiger partial charge in [-0.2, -0.15) is 4.89 Å². The first kappa shape index (κ1) is 37.7. The molecule has 0 saturated carbocycles. The van der Waals surface area contributed by atoms with Gasteiger partial charge in [0.2, 0.25) is 0 Å². The minimum Gasteiger partial charge on any atom is -0.327 e. The van der Waals surface area contributed by atoms with Crippen LogP contribution < -0.4 is 0 Å². The van der Waals surface area contributed by atoms with Crippen LogP contribution in [0.5, 0.6) is 0 Å². The van der Waals surface area contributed by atoms with Crippen LogP contribution in [-0.4, -0.2) is 50.1 Å². The van der Waals surface area contributed by atoms with Crippen molar-refractivity contribution in [3.8, 4) is 0 Å². The molecule has 0 aromatic heterocycles. The van der Waals surface area contributed by atoms with E-state index in [2.05, 4.69) is 48.5 Å². The molecule has 7 heteroatoms. The van der Waals surface area contributed by atoms with Gasteiger partial charge in [-0.1, -0.05) is 67.7 Å². The lowest BCUT2D eigenvalue weighted by Crippen LogP contribution is -2.67. The van der Waals surface area contributed by atoms with E-state index >= 15 is 0 Å². The predicted molar refractivity (Wildman–Crippen MR) is 155 cm³/mol. The maximum atomic E-state index is 6.70. The fraction of sp³-hybridized carbons (Fsp3) is 1.00. The average Bonchev–Trinajstić information content (AvgIpc) is 2.81. The van der Waals surface area contributed by atoms with Crippen LogP contribution in [0.2, 0.25) is 0 Å². The van der Waals surface area contributed by atoms with Crippen LogP contribution in [0.25, 0.3) is 0 Å². The summed E-state index contributed by atoms with van der Waals surface area (Å²) < 4.78 is 33.2. The summed E-state index contributed by atoms with van der Waals surface area (Å²) in [5.41, 5.74) is -1.75. The Kier molecular flexibility index (Phi) is 18.1. The largest absolute Gasteiger partial charge is 0.327 e. The van der Waals surface area contributed by atoms with Crippen molar-refractivity contribution in [2.75, 3.05) is 26.4 Å². The summed E-state index contributed by atoms with van der Waals surface area (Å²) >= 11 is 0. The van der Waals surface area contributed by atoms with Crippen molar-refractivity contribution in [2.24, 2.45) is 17.3 Å². The summed E-state index contributed by atoms with van der Waals surface area (Å²) in [7, 11) is 0. The van der Waals surface area contributed by atoms with Gasteiger partial charge in [-0.3, -0.25) is 0 Å². The van der Waals surface area contributed by atoms with E-state index in [1.807, 2.05) is 41.5 Å². The maximum absolute atomic E-state index is 6.70. The third-order valence-corrected chi connectivity index (χ3v) is 6.29. The third kappa shape index (κ3) is 12.9. The van der Waals surface area contributed by atoms with Crippen molar-refractivity contribution in [2.45, 2.75) is 159 Å². The second-order valence-corrected chi connectivity index (χ2v) is 12.8. The second kappa shape index (κ2) is 18.2. The quantitative estimate of drug-likeness (QED) is 0.0548. The van der Waals surface area contributed by atoms with E-state index in [9.17, 15) is 0 Å². The van der Waals surface area contributed by atoms with Crippen molar-refractivity contribution in [1.82, 2.24) is 0 Å². The molecule has 7 nitrogen and oxygen atoms in total. The highest BCUT2D eigenvalue weighted by atomic mass is 17.3. The van der Waals surface area contributed by atoms with E-state index in [-0.39, 0.29) is 12.0 Å². The van der Waals surface area contributed by atoms with Crippen molar-refractivity contribution < 1.29 is 33.5 Å². The monoisotopic (exact) mass is 548 g/mol. The molecule has 230 valence electrons. The van der Waals surface area contributed by atoms with E-state index in [0.29, 0.717) is 32.3 Å². The van der Waals surface area contributed by atoms with Crippen LogP contribution in [-0.2, 0) is 33.5 Å². The third-order valence-electron chi connectivity index (χ3n) is 6.29. The lowest BCUT2D eigenvalue weighted by molar-refractivity contribution is -0.589. The normalized spacial score (nSPS) is 17.1. The molecule has 0 aliphatic rings. The zero-order valence-corrected chi connectivity index (χ0v) is 27.4. The van der Waals surface area contributed by atoms with Gasteiger partial charge in [-0.05, 0) is 79.1 Å². The molecule has 0 radical (unpaired) electrons. The van der Waals surface area contributed by atoms with Crippen molar-refractivity contribution in [3.05, 3.63) is 0 Å². The molecule has 0 saturated heterocycles. The molecular formula is C31H64O7. The van der Waals surface area contributed by atoms with Gasteiger partial charge >= 0.3 is 5.97 Å². The molecule has 0 amide bonds. The van der Waals surface area contributed by atoms with Gasteiger partial charge in [0.25, 0.3) is 5.97 Å². The predicted octanol–water partition coefficient (Wildman–Crippen LogP) is 8.64. The van der Waals surface area contributed by atoms with Gasteiger partial charge in [0.05, 0.1) is 38.1 Å². The first-order chi connectivity index (χ1) is 17.6. The maximum Gasteiger partial charge on any atom is 0.325 e. The number of unbranched alkanes of at least 4 members (excludes halogenated alkanes) is 3. The second-order valence-electron chi connectivity index (χ2n) is 12.8. The summed E-state index contributed by atoms with van der Waals surface area (Å²) in [5.74, 6) is -2.46. The molecule has 3 atom stereocenters. The van der Waals surface area contributed by atoms with Crippen LogP contribution in [0, 0.1) is 17.3 Å². The Morgan fingerprint density at radius 1 is 0.632 bits per heavy atom. The highest BCUT2D eigenvalue weighted by Gasteiger charge is 2.67. The molecule has 0 rings (SSSR count). The summed E-state index contributed by atoms with van der Waals surface area (Å²) in [4.78, 5) is 12.1. The molecule has 0 fully saturated rings. The lowest BCUT2D eigenvalue weighted by atomic mass is 9.85. The van der Waals surface area contributed by atoms with Crippen LogP contribution in [0.3, 0.4) is 0 Å². The van der Waals surface area contributed by atoms with E-state index in [0.717, 1.165) is 44.9 Å². The number of hydrogen-bond donors (Lipinski definition) is 0.